The quantitative estimate of drug-likeness (QED) is 0.0546. The summed E-state index contributed by atoms with van der Waals surface area (Å²) in [5, 5.41) is 8.68. The molecule has 1 unspecified atom stereocenters. The second kappa shape index (κ2) is 19.3. The molecule has 2 heterocycles. The molecule has 0 aliphatic carbocycles. The van der Waals surface area contributed by atoms with Gasteiger partial charge < -0.3 is 30.2 Å². The highest BCUT2D eigenvalue weighted by molar-refractivity contribution is 8.00. The number of carbonyl (C=O) groups is 4. The summed E-state index contributed by atoms with van der Waals surface area (Å²) in [7, 11) is 4.40. The van der Waals surface area contributed by atoms with Gasteiger partial charge in [-0.2, -0.15) is 0 Å². The first kappa shape index (κ1) is 40.8. The Morgan fingerprint density at radius 3 is 2.33 bits per heavy atom. The number of nitrogens with one attached hydrogen (secondary N) is 3. The van der Waals surface area contributed by atoms with Crippen LogP contribution in [0.4, 0.5) is 10.7 Å². The standard InChI is InChI=1S/C44H44N4O7S2/c1-5-37(42(51)47-43-39(44(52)55-4)34-21-22-48(27-38(34)57-43)26-28-13-8-6-9-14-28)56-33-18-12-17-31(25-33)45-41(50)35(46-40(49)29-15-10-7-11-16-29)24-30-23-32(53-2)19-20-36(30)54-3/h6-20,23-25,37H,5,21-22,26-27H2,1-4H3,(H,45,50)(H,46,49)(H,47,51)/b35-24+. The van der Waals surface area contributed by atoms with Crippen molar-refractivity contribution in [1.82, 2.24) is 10.2 Å². The molecular formula is C44H44N4O7S2. The van der Waals surface area contributed by atoms with Gasteiger partial charge in [0.05, 0.1) is 32.1 Å². The molecule has 0 saturated carbocycles. The van der Waals surface area contributed by atoms with Crippen LogP contribution in [0.5, 0.6) is 11.5 Å². The maximum atomic E-state index is 13.9. The van der Waals surface area contributed by atoms with Crippen LogP contribution in [0, 0.1) is 0 Å². The van der Waals surface area contributed by atoms with Crippen LogP contribution in [-0.4, -0.2) is 61.7 Å². The smallest absolute Gasteiger partial charge is 0.341 e. The number of ether oxygens (including phenoxy) is 3. The second-order valence-corrected chi connectivity index (χ2v) is 15.5. The maximum absolute atomic E-state index is 13.9. The van der Waals surface area contributed by atoms with Gasteiger partial charge in [0.25, 0.3) is 11.8 Å². The first-order valence-corrected chi connectivity index (χ1v) is 20.1. The second-order valence-electron chi connectivity index (χ2n) is 13.1. The summed E-state index contributed by atoms with van der Waals surface area (Å²) in [6.45, 7) is 4.16. The molecule has 57 heavy (non-hydrogen) atoms. The third-order valence-corrected chi connectivity index (χ3v) is 11.8. The number of esters is 1. The third-order valence-electron chi connectivity index (χ3n) is 9.31. The molecule has 0 saturated heterocycles. The molecule has 0 spiro atoms. The van der Waals surface area contributed by atoms with Crippen molar-refractivity contribution in [3.8, 4) is 11.5 Å². The molecule has 13 heteroatoms. The van der Waals surface area contributed by atoms with Crippen LogP contribution < -0.4 is 25.4 Å². The summed E-state index contributed by atoms with van der Waals surface area (Å²) >= 11 is 2.76. The first-order valence-electron chi connectivity index (χ1n) is 18.4. The van der Waals surface area contributed by atoms with Crippen molar-refractivity contribution < 1.29 is 33.4 Å². The highest BCUT2D eigenvalue weighted by Crippen LogP contribution is 2.39. The van der Waals surface area contributed by atoms with Crippen molar-refractivity contribution in [3.05, 3.63) is 142 Å². The first-order chi connectivity index (χ1) is 27.7. The minimum absolute atomic E-state index is 0.0254. The fraction of sp³-hybridized carbons (Fsp3) is 0.227. The number of thiophene rings is 1. The number of hydrogen-bond acceptors (Lipinski definition) is 10. The van der Waals surface area contributed by atoms with Crippen molar-refractivity contribution in [1.29, 1.82) is 0 Å². The third kappa shape index (κ3) is 10.3. The van der Waals surface area contributed by atoms with E-state index in [0.717, 1.165) is 28.4 Å². The molecule has 4 aromatic carbocycles. The van der Waals surface area contributed by atoms with E-state index in [1.165, 1.54) is 56.1 Å². The van der Waals surface area contributed by atoms with Gasteiger partial charge >= 0.3 is 5.97 Å². The van der Waals surface area contributed by atoms with Gasteiger partial charge in [-0.3, -0.25) is 19.3 Å². The lowest BCUT2D eigenvalue weighted by Crippen LogP contribution is -2.30. The molecule has 0 fully saturated rings. The van der Waals surface area contributed by atoms with Gasteiger partial charge in [-0.1, -0.05) is 61.5 Å². The number of anilines is 2. The number of benzene rings is 4. The van der Waals surface area contributed by atoms with E-state index >= 15 is 0 Å². The van der Waals surface area contributed by atoms with Gasteiger partial charge in [-0.15, -0.1) is 23.1 Å². The van der Waals surface area contributed by atoms with E-state index in [1.807, 2.05) is 31.2 Å². The van der Waals surface area contributed by atoms with Gasteiger partial charge in [0.15, 0.2) is 0 Å². The number of thioether (sulfide) groups is 1. The molecule has 0 bridgehead atoms. The molecule has 1 aliphatic heterocycles. The molecule has 3 N–H and O–H groups in total. The molecule has 0 radical (unpaired) electrons. The summed E-state index contributed by atoms with van der Waals surface area (Å²) in [5.74, 6) is -0.739. The summed E-state index contributed by atoms with van der Waals surface area (Å²) in [6.07, 6.45) is 2.69. The Morgan fingerprint density at radius 2 is 1.63 bits per heavy atom. The van der Waals surface area contributed by atoms with Crippen molar-refractivity contribution in [3.63, 3.8) is 0 Å². The average Bonchev–Trinajstić information content (AvgIpc) is 3.59. The lowest BCUT2D eigenvalue weighted by Gasteiger charge is -2.27. The predicted molar refractivity (Wildman–Crippen MR) is 225 cm³/mol. The molecule has 1 atom stereocenters. The number of amides is 3. The van der Waals surface area contributed by atoms with E-state index in [4.69, 9.17) is 14.2 Å². The number of hydrogen-bond donors (Lipinski definition) is 3. The van der Waals surface area contributed by atoms with Crippen LogP contribution in [0.3, 0.4) is 0 Å². The van der Waals surface area contributed by atoms with Crippen molar-refractivity contribution in [2.45, 2.75) is 43.0 Å². The van der Waals surface area contributed by atoms with Crippen LogP contribution in [0.15, 0.2) is 114 Å². The zero-order chi connectivity index (χ0) is 40.3. The monoisotopic (exact) mass is 804 g/mol. The lowest BCUT2D eigenvalue weighted by molar-refractivity contribution is -0.116. The maximum Gasteiger partial charge on any atom is 0.341 e. The molecule has 3 amide bonds. The van der Waals surface area contributed by atoms with Crippen LogP contribution >= 0.6 is 23.1 Å². The van der Waals surface area contributed by atoms with Crippen molar-refractivity contribution >= 4 is 63.6 Å². The van der Waals surface area contributed by atoms with E-state index in [9.17, 15) is 19.2 Å². The minimum Gasteiger partial charge on any atom is -0.497 e. The fourth-order valence-electron chi connectivity index (χ4n) is 6.41. The zero-order valence-electron chi connectivity index (χ0n) is 32.1. The molecule has 11 nitrogen and oxygen atoms in total. The van der Waals surface area contributed by atoms with Gasteiger partial charge in [0.1, 0.15) is 22.2 Å². The number of rotatable bonds is 15. The summed E-state index contributed by atoms with van der Waals surface area (Å²) in [4.78, 5) is 58.1. The Morgan fingerprint density at radius 1 is 0.877 bits per heavy atom. The molecule has 294 valence electrons. The predicted octanol–water partition coefficient (Wildman–Crippen LogP) is 8.03. The summed E-state index contributed by atoms with van der Waals surface area (Å²) in [6, 6.07) is 31.1. The zero-order valence-corrected chi connectivity index (χ0v) is 33.8. The Balaban J connectivity index is 1.18. The van der Waals surface area contributed by atoms with Gasteiger partial charge in [0, 0.05) is 46.2 Å². The van der Waals surface area contributed by atoms with E-state index in [1.54, 1.807) is 66.7 Å². The lowest BCUT2D eigenvalue weighted by atomic mass is 10.0. The molecule has 1 aliphatic rings. The van der Waals surface area contributed by atoms with E-state index in [-0.39, 0.29) is 11.6 Å². The highest BCUT2D eigenvalue weighted by Gasteiger charge is 2.31. The Bertz CT molecular complexity index is 2260. The molecule has 6 rings (SSSR count). The molecule has 5 aromatic rings. The number of nitrogens with zero attached hydrogens (tertiary/aromatic N) is 1. The highest BCUT2D eigenvalue weighted by atomic mass is 32.2. The molecule has 1 aromatic heterocycles. The Labute approximate surface area is 340 Å². The molecular weight excluding hydrogens is 761 g/mol. The number of methoxy groups -OCH3 is 3. The number of fused-ring (bicyclic) bond motifs is 1. The topological polar surface area (TPSA) is 135 Å². The van der Waals surface area contributed by atoms with Crippen molar-refractivity contribution in [2.24, 2.45) is 0 Å². The fourth-order valence-corrected chi connectivity index (χ4v) is 8.71. The SMILES string of the molecule is CCC(Sc1cccc(NC(=O)/C(=C\c2cc(OC)ccc2OC)NC(=O)c2ccccc2)c1)C(=O)Nc1sc2c(c1C(=O)OC)CCN(Cc1ccccc1)C2. The summed E-state index contributed by atoms with van der Waals surface area (Å²) in [5.41, 5.74) is 3.88. The van der Waals surface area contributed by atoms with Gasteiger partial charge in [-0.25, -0.2) is 4.79 Å². The van der Waals surface area contributed by atoms with Crippen LogP contribution in [0.2, 0.25) is 0 Å². The van der Waals surface area contributed by atoms with E-state index in [2.05, 4.69) is 33.0 Å². The Hall–Kier alpha value is -5.89. The normalized spacial score (nSPS) is 13.2. The van der Waals surface area contributed by atoms with Crippen molar-refractivity contribution in [2.75, 3.05) is 38.5 Å². The van der Waals surface area contributed by atoms with Crippen LogP contribution in [-0.2, 0) is 33.8 Å². The largest absolute Gasteiger partial charge is 0.497 e. The van der Waals surface area contributed by atoms with Crippen LogP contribution in [0.1, 0.15) is 55.6 Å². The van der Waals surface area contributed by atoms with E-state index in [0.29, 0.717) is 58.3 Å². The van der Waals surface area contributed by atoms with Crippen LogP contribution in [0.25, 0.3) is 6.08 Å². The summed E-state index contributed by atoms with van der Waals surface area (Å²) < 4.78 is 16.1. The van der Waals surface area contributed by atoms with Gasteiger partial charge in [0.2, 0.25) is 5.91 Å². The minimum atomic E-state index is -0.574. The number of carbonyl (C=O) groups excluding carboxylic acids is 4. The van der Waals surface area contributed by atoms with Gasteiger partial charge in [-0.05, 0) is 78.6 Å². The average molecular weight is 805 g/mol. The Kier molecular flexibility index (Phi) is 13.8. The van der Waals surface area contributed by atoms with E-state index < -0.39 is 23.0 Å².